The number of benzene rings is 1. The van der Waals surface area contributed by atoms with Crippen LogP contribution in [0.4, 0.5) is 26.5 Å². The van der Waals surface area contributed by atoms with Crippen LogP contribution < -0.4 is 15.4 Å². The molecule has 42 heavy (non-hydrogen) atoms. The van der Waals surface area contributed by atoms with Crippen molar-refractivity contribution in [1.82, 2.24) is 24.6 Å². The SMILES string of the molecule is CC(C)N1CCc2cc(Nc3cc4cc(COc5ccccn5)c(F)c(NC(=O)OC(C)(C)C)c4cn3)nn2CC1=O. The summed E-state index contributed by atoms with van der Waals surface area (Å²) in [5.74, 6) is 0.692. The van der Waals surface area contributed by atoms with Crippen LogP contribution in [0.15, 0.2) is 48.8 Å². The zero-order chi connectivity index (χ0) is 30.0. The first-order valence-electron chi connectivity index (χ1n) is 13.7. The molecule has 4 aromatic rings. The van der Waals surface area contributed by atoms with Crippen molar-refractivity contribution >= 4 is 40.1 Å². The van der Waals surface area contributed by atoms with Crippen molar-refractivity contribution in [1.29, 1.82) is 0 Å². The third-order valence-corrected chi connectivity index (χ3v) is 6.63. The standard InChI is InChI=1S/C30H34FN7O4/c1-18(2)37-11-9-21-14-24(36-38(21)16-26(37)39)34-23-13-19-12-20(17-41-25-8-6-7-10-32-25)27(31)28(22(19)15-33-23)35-29(40)42-30(3,4)5/h6-8,10,12-15,18H,9,11,16-17H2,1-5H3,(H,35,40)(H,33,34,36). The lowest BCUT2D eigenvalue weighted by molar-refractivity contribution is -0.133. The van der Waals surface area contributed by atoms with Crippen LogP contribution in [0.3, 0.4) is 0 Å². The number of aromatic nitrogens is 4. The summed E-state index contributed by atoms with van der Waals surface area (Å²) in [4.78, 5) is 35.7. The molecule has 0 saturated carbocycles. The number of rotatable bonds is 7. The minimum Gasteiger partial charge on any atom is -0.473 e. The van der Waals surface area contributed by atoms with Gasteiger partial charge >= 0.3 is 6.09 Å². The predicted octanol–water partition coefficient (Wildman–Crippen LogP) is 5.43. The van der Waals surface area contributed by atoms with Crippen LogP contribution in [0.1, 0.15) is 45.9 Å². The van der Waals surface area contributed by atoms with Gasteiger partial charge in [0.15, 0.2) is 11.6 Å². The van der Waals surface area contributed by atoms with Gasteiger partial charge in [-0.3, -0.25) is 14.8 Å². The number of nitrogens with one attached hydrogen (secondary N) is 2. The summed E-state index contributed by atoms with van der Waals surface area (Å²) in [5.41, 5.74) is 0.307. The minimum absolute atomic E-state index is 0.0229. The molecule has 0 aliphatic carbocycles. The molecule has 12 heteroatoms. The number of amides is 2. The molecule has 4 heterocycles. The molecule has 5 rings (SSSR count). The molecule has 1 aliphatic rings. The Labute approximate surface area is 243 Å². The van der Waals surface area contributed by atoms with E-state index in [1.165, 1.54) is 6.20 Å². The van der Waals surface area contributed by atoms with Gasteiger partial charge in [0.05, 0.1) is 5.69 Å². The number of pyridine rings is 2. The fraction of sp³-hybridized carbons (Fsp3) is 0.367. The molecule has 2 N–H and O–H groups in total. The second kappa shape index (κ2) is 11.6. The summed E-state index contributed by atoms with van der Waals surface area (Å²) >= 11 is 0. The van der Waals surface area contributed by atoms with Crippen molar-refractivity contribution < 1.29 is 23.5 Å². The Morgan fingerprint density at radius 2 is 1.95 bits per heavy atom. The highest BCUT2D eigenvalue weighted by molar-refractivity contribution is 6.01. The van der Waals surface area contributed by atoms with E-state index in [1.807, 2.05) is 24.8 Å². The molecule has 0 spiro atoms. The van der Waals surface area contributed by atoms with Crippen LogP contribution in [-0.4, -0.2) is 54.8 Å². The van der Waals surface area contributed by atoms with Gasteiger partial charge in [0.1, 0.15) is 24.6 Å². The Morgan fingerprint density at radius 1 is 1.14 bits per heavy atom. The van der Waals surface area contributed by atoms with E-state index in [2.05, 4.69) is 25.7 Å². The maximum Gasteiger partial charge on any atom is 0.412 e. The lowest BCUT2D eigenvalue weighted by Crippen LogP contribution is -2.38. The van der Waals surface area contributed by atoms with Crippen molar-refractivity contribution in [3.8, 4) is 5.88 Å². The molecule has 220 valence electrons. The third kappa shape index (κ3) is 6.59. The van der Waals surface area contributed by atoms with Gasteiger partial charge in [-0.15, -0.1) is 0 Å². The van der Waals surface area contributed by atoms with Crippen LogP contribution in [-0.2, 0) is 29.1 Å². The maximum atomic E-state index is 15.8. The topological polar surface area (TPSA) is 124 Å². The highest BCUT2D eigenvalue weighted by Gasteiger charge is 2.24. The molecule has 3 aromatic heterocycles. The highest BCUT2D eigenvalue weighted by Crippen LogP contribution is 2.32. The normalized spacial score (nSPS) is 13.6. The Bertz CT molecular complexity index is 1620. The van der Waals surface area contributed by atoms with Crippen molar-refractivity contribution in [3.05, 3.63) is 65.9 Å². The van der Waals surface area contributed by atoms with Gasteiger partial charge in [0.2, 0.25) is 11.8 Å². The summed E-state index contributed by atoms with van der Waals surface area (Å²) in [5, 5.41) is 11.3. The number of nitrogens with zero attached hydrogens (tertiary/aromatic N) is 5. The second-order valence-corrected chi connectivity index (χ2v) is 11.3. The van der Waals surface area contributed by atoms with Crippen molar-refractivity contribution in [2.75, 3.05) is 17.2 Å². The number of fused-ring (bicyclic) bond motifs is 2. The third-order valence-electron chi connectivity index (χ3n) is 6.63. The molecule has 1 aromatic carbocycles. The number of carbonyl (C=O) groups is 2. The number of hydrogen-bond donors (Lipinski definition) is 2. The van der Waals surface area contributed by atoms with Gasteiger partial charge in [-0.05, 0) is 58.2 Å². The molecule has 0 bridgehead atoms. The Morgan fingerprint density at radius 3 is 2.67 bits per heavy atom. The Hall–Kier alpha value is -4.74. The van der Waals surface area contributed by atoms with Crippen LogP contribution in [0.2, 0.25) is 0 Å². The molecule has 11 nitrogen and oxygen atoms in total. The predicted molar refractivity (Wildman–Crippen MR) is 156 cm³/mol. The largest absolute Gasteiger partial charge is 0.473 e. The molecule has 1 aliphatic heterocycles. The van der Waals surface area contributed by atoms with E-state index in [0.717, 1.165) is 5.69 Å². The molecular formula is C30H34FN7O4. The summed E-state index contributed by atoms with van der Waals surface area (Å²) < 4.78 is 28.5. The maximum absolute atomic E-state index is 15.8. The fourth-order valence-corrected chi connectivity index (χ4v) is 4.73. The quantitative estimate of drug-likeness (QED) is 0.299. The van der Waals surface area contributed by atoms with Crippen molar-refractivity contribution in [2.45, 2.75) is 65.8 Å². The average molecular weight is 576 g/mol. The zero-order valence-corrected chi connectivity index (χ0v) is 24.3. The lowest BCUT2D eigenvalue weighted by Gasteiger charge is -2.24. The van der Waals surface area contributed by atoms with E-state index < -0.39 is 17.5 Å². The van der Waals surface area contributed by atoms with E-state index in [1.54, 1.807) is 62.0 Å². The molecule has 2 amide bonds. The van der Waals surface area contributed by atoms with Crippen molar-refractivity contribution in [2.24, 2.45) is 0 Å². The summed E-state index contributed by atoms with van der Waals surface area (Å²) in [6.45, 7) is 9.84. The Kier molecular flexibility index (Phi) is 7.97. The number of halogens is 1. The van der Waals surface area contributed by atoms with Gasteiger partial charge in [-0.2, -0.15) is 5.10 Å². The van der Waals surface area contributed by atoms with Crippen LogP contribution >= 0.6 is 0 Å². The minimum atomic E-state index is -0.794. The highest BCUT2D eigenvalue weighted by atomic mass is 19.1. The first-order chi connectivity index (χ1) is 20.0. The van der Waals surface area contributed by atoms with Crippen LogP contribution in [0.25, 0.3) is 10.8 Å². The second-order valence-electron chi connectivity index (χ2n) is 11.3. The smallest absolute Gasteiger partial charge is 0.412 e. The van der Waals surface area contributed by atoms with Crippen LogP contribution in [0, 0.1) is 5.82 Å². The van der Waals surface area contributed by atoms with E-state index in [4.69, 9.17) is 9.47 Å². The monoisotopic (exact) mass is 575 g/mol. The van der Waals surface area contributed by atoms with Crippen molar-refractivity contribution in [3.63, 3.8) is 0 Å². The first kappa shape index (κ1) is 28.8. The number of carbonyl (C=O) groups excluding carboxylic acids is 2. The number of anilines is 3. The van der Waals surface area contributed by atoms with E-state index in [9.17, 15) is 9.59 Å². The number of ether oxygens (including phenoxy) is 2. The van der Waals surface area contributed by atoms with Gasteiger partial charge in [0, 0.05) is 60.2 Å². The summed E-state index contributed by atoms with van der Waals surface area (Å²) in [7, 11) is 0. The lowest BCUT2D eigenvalue weighted by atomic mass is 10.1. The van der Waals surface area contributed by atoms with Gasteiger partial charge < -0.3 is 19.7 Å². The van der Waals surface area contributed by atoms with E-state index in [0.29, 0.717) is 41.3 Å². The molecule has 0 fully saturated rings. The van der Waals surface area contributed by atoms with Crippen LogP contribution in [0.5, 0.6) is 5.88 Å². The van der Waals surface area contributed by atoms with Gasteiger partial charge in [-0.1, -0.05) is 6.07 Å². The Balaban J connectivity index is 1.44. The molecule has 0 atom stereocenters. The average Bonchev–Trinajstić information content (AvgIpc) is 3.21. The van der Waals surface area contributed by atoms with Gasteiger partial charge in [-0.25, -0.2) is 19.2 Å². The number of hydrogen-bond acceptors (Lipinski definition) is 8. The molecule has 0 radical (unpaired) electrons. The van der Waals surface area contributed by atoms with Gasteiger partial charge in [0.25, 0.3) is 0 Å². The molecule has 0 saturated heterocycles. The molecule has 0 unspecified atom stereocenters. The first-order valence-corrected chi connectivity index (χ1v) is 13.7. The zero-order valence-electron chi connectivity index (χ0n) is 24.3. The fourth-order valence-electron chi connectivity index (χ4n) is 4.73. The summed E-state index contributed by atoms with van der Waals surface area (Å²) in [6, 6.07) is 10.6. The van der Waals surface area contributed by atoms with E-state index in [-0.39, 0.29) is 36.4 Å². The summed E-state index contributed by atoms with van der Waals surface area (Å²) in [6.07, 6.45) is 2.94. The van der Waals surface area contributed by atoms with E-state index >= 15 is 4.39 Å². The molecular weight excluding hydrogens is 541 g/mol.